The number of hydrazine groups is 1. The molecule has 1 atom stereocenters. The van der Waals surface area contributed by atoms with Gasteiger partial charge in [-0.2, -0.15) is 0 Å². The van der Waals surface area contributed by atoms with Gasteiger partial charge in [-0.1, -0.05) is 0 Å². The van der Waals surface area contributed by atoms with E-state index in [1.54, 1.807) is 24.5 Å². The summed E-state index contributed by atoms with van der Waals surface area (Å²) in [6.07, 6.45) is 3.19. The molecule has 0 spiro atoms. The Balaban J connectivity index is 2.42. The lowest BCUT2D eigenvalue weighted by molar-refractivity contribution is 0.566. The monoisotopic (exact) mass is 235 g/mol. The second-order valence-corrected chi connectivity index (χ2v) is 3.58. The van der Waals surface area contributed by atoms with Crippen LogP contribution in [0.1, 0.15) is 17.2 Å². The third-order valence-corrected chi connectivity index (χ3v) is 2.42. The zero-order chi connectivity index (χ0) is 12.3. The van der Waals surface area contributed by atoms with Gasteiger partial charge in [-0.3, -0.25) is 10.8 Å². The molecule has 1 aromatic heterocycles. The molecule has 0 aliphatic rings. The minimum absolute atomic E-state index is 0.427. The summed E-state index contributed by atoms with van der Waals surface area (Å²) in [5.41, 5.74) is 3.74. The zero-order valence-corrected chi connectivity index (χ0v) is 8.90. The molecule has 0 aliphatic heterocycles. The number of benzene rings is 1. The first-order valence-electron chi connectivity index (χ1n) is 5.03. The van der Waals surface area contributed by atoms with Crippen molar-refractivity contribution in [1.82, 2.24) is 10.4 Å². The first kappa shape index (κ1) is 11.6. The van der Waals surface area contributed by atoms with Crippen molar-refractivity contribution in [3.05, 3.63) is 65.5 Å². The normalized spacial score (nSPS) is 12.4. The van der Waals surface area contributed by atoms with E-state index in [4.69, 9.17) is 5.84 Å². The fourth-order valence-electron chi connectivity index (χ4n) is 1.68. The summed E-state index contributed by atoms with van der Waals surface area (Å²) in [4.78, 5) is 3.87. The number of rotatable bonds is 3. The van der Waals surface area contributed by atoms with E-state index in [1.807, 2.05) is 0 Å². The molecule has 0 saturated heterocycles. The number of nitrogens with one attached hydrogen (secondary N) is 1. The largest absolute Gasteiger partial charge is 0.271 e. The lowest BCUT2D eigenvalue weighted by Gasteiger charge is -2.16. The van der Waals surface area contributed by atoms with Gasteiger partial charge >= 0.3 is 0 Å². The Hall–Kier alpha value is -1.85. The summed E-state index contributed by atoms with van der Waals surface area (Å²) < 4.78 is 26.2. The number of hydrogen-bond donors (Lipinski definition) is 2. The molecule has 17 heavy (non-hydrogen) atoms. The van der Waals surface area contributed by atoms with Gasteiger partial charge in [0.1, 0.15) is 11.6 Å². The van der Waals surface area contributed by atoms with E-state index in [1.165, 1.54) is 12.1 Å². The molecule has 88 valence electrons. The standard InChI is InChI=1S/C12H11F2N3/c13-10-5-9(6-11(14)7-10)12(17-15)8-1-3-16-4-2-8/h1-7,12,17H,15H2. The minimum atomic E-state index is -0.630. The summed E-state index contributed by atoms with van der Waals surface area (Å²) in [5.74, 6) is 4.16. The number of halogens is 2. The van der Waals surface area contributed by atoms with Gasteiger partial charge in [-0.15, -0.1) is 0 Å². The van der Waals surface area contributed by atoms with Gasteiger partial charge in [-0.25, -0.2) is 14.2 Å². The molecule has 0 aliphatic carbocycles. The molecule has 0 radical (unpaired) electrons. The van der Waals surface area contributed by atoms with E-state index >= 15 is 0 Å². The van der Waals surface area contributed by atoms with Crippen LogP contribution in [0.25, 0.3) is 0 Å². The van der Waals surface area contributed by atoms with Crippen molar-refractivity contribution in [3.63, 3.8) is 0 Å². The van der Waals surface area contributed by atoms with E-state index in [0.717, 1.165) is 11.6 Å². The molecular formula is C12H11F2N3. The first-order chi connectivity index (χ1) is 8.20. The number of pyridine rings is 1. The van der Waals surface area contributed by atoms with E-state index < -0.39 is 17.7 Å². The van der Waals surface area contributed by atoms with Crippen LogP contribution in [0.2, 0.25) is 0 Å². The topological polar surface area (TPSA) is 50.9 Å². The molecule has 2 aromatic rings. The number of nitrogens with two attached hydrogens (primary N) is 1. The molecule has 1 heterocycles. The maximum absolute atomic E-state index is 13.1. The summed E-state index contributed by atoms with van der Waals surface area (Å²) in [5, 5.41) is 0. The highest BCUT2D eigenvalue weighted by Crippen LogP contribution is 2.22. The molecule has 0 bridgehead atoms. The van der Waals surface area contributed by atoms with Gasteiger partial charge in [0, 0.05) is 18.5 Å². The van der Waals surface area contributed by atoms with Crippen molar-refractivity contribution < 1.29 is 8.78 Å². The van der Waals surface area contributed by atoms with Gasteiger partial charge in [0.05, 0.1) is 6.04 Å². The van der Waals surface area contributed by atoms with E-state index in [0.29, 0.717) is 5.56 Å². The van der Waals surface area contributed by atoms with Gasteiger partial charge < -0.3 is 0 Å². The highest BCUT2D eigenvalue weighted by Gasteiger charge is 2.14. The maximum Gasteiger partial charge on any atom is 0.126 e. The third-order valence-electron chi connectivity index (χ3n) is 2.42. The van der Waals surface area contributed by atoms with E-state index in [2.05, 4.69) is 10.4 Å². The smallest absolute Gasteiger partial charge is 0.126 e. The highest BCUT2D eigenvalue weighted by molar-refractivity contribution is 5.31. The molecule has 1 unspecified atom stereocenters. The second-order valence-electron chi connectivity index (χ2n) is 3.58. The van der Waals surface area contributed by atoms with Crippen molar-refractivity contribution in [3.8, 4) is 0 Å². The molecule has 5 heteroatoms. The molecular weight excluding hydrogens is 224 g/mol. The van der Waals surface area contributed by atoms with Gasteiger partial charge in [0.15, 0.2) is 0 Å². The van der Waals surface area contributed by atoms with Crippen molar-refractivity contribution >= 4 is 0 Å². The van der Waals surface area contributed by atoms with Crippen LogP contribution in [0.4, 0.5) is 8.78 Å². The fraction of sp³-hybridized carbons (Fsp3) is 0.0833. The quantitative estimate of drug-likeness (QED) is 0.631. The number of nitrogens with zero attached hydrogens (tertiary/aromatic N) is 1. The molecule has 0 fully saturated rings. The van der Waals surface area contributed by atoms with Crippen LogP contribution in [0, 0.1) is 11.6 Å². The van der Waals surface area contributed by atoms with Crippen molar-refractivity contribution in [2.24, 2.45) is 5.84 Å². The zero-order valence-electron chi connectivity index (χ0n) is 8.90. The minimum Gasteiger partial charge on any atom is -0.271 e. The first-order valence-corrected chi connectivity index (χ1v) is 5.03. The fourth-order valence-corrected chi connectivity index (χ4v) is 1.68. The molecule has 0 amide bonds. The van der Waals surface area contributed by atoms with Crippen LogP contribution in [-0.2, 0) is 0 Å². The lowest BCUT2D eigenvalue weighted by Crippen LogP contribution is -2.29. The average Bonchev–Trinajstić information content (AvgIpc) is 2.30. The van der Waals surface area contributed by atoms with E-state index in [9.17, 15) is 8.78 Å². The summed E-state index contributed by atoms with van der Waals surface area (Å²) >= 11 is 0. The Morgan fingerprint density at radius 3 is 2.12 bits per heavy atom. The van der Waals surface area contributed by atoms with Crippen LogP contribution in [0.3, 0.4) is 0 Å². The molecule has 2 rings (SSSR count). The van der Waals surface area contributed by atoms with Crippen LogP contribution in [0.15, 0.2) is 42.7 Å². The Morgan fingerprint density at radius 2 is 1.59 bits per heavy atom. The predicted molar refractivity (Wildman–Crippen MR) is 59.8 cm³/mol. The summed E-state index contributed by atoms with van der Waals surface area (Å²) in [6.45, 7) is 0. The van der Waals surface area contributed by atoms with Gasteiger partial charge in [0.25, 0.3) is 0 Å². The van der Waals surface area contributed by atoms with Crippen LogP contribution in [-0.4, -0.2) is 4.98 Å². The Bertz CT molecular complexity index is 482. The van der Waals surface area contributed by atoms with Crippen LogP contribution >= 0.6 is 0 Å². The molecule has 3 N–H and O–H groups in total. The van der Waals surface area contributed by atoms with Gasteiger partial charge in [0.2, 0.25) is 0 Å². The highest BCUT2D eigenvalue weighted by atomic mass is 19.1. The van der Waals surface area contributed by atoms with Crippen molar-refractivity contribution in [1.29, 1.82) is 0 Å². The predicted octanol–water partition coefficient (Wildman–Crippen LogP) is 1.91. The maximum atomic E-state index is 13.1. The summed E-state index contributed by atoms with van der Waals surface area (Å²) in [7, 11) is 0. The Kier molecular flexibility index (Phi) is 3.41. The van der Waals surface area contributed by atoms with Crippen molar-refractivity contribution in [2.45, 2.75) is 6.04 Å². The van der Waals surface area contributed by atoms with Crippen LogP contribution < -0.4 is 11.3 Å². The summed E-state index contributed by atoms with van der Waals surface area (Å²) in [6, 6.07) is 6.30. The Labute approximate surface area is 97.3 Å². The Morgan fingerprint density at radius 1 is 1.00 bits per heavy atom. The number of hydrogen-bond acceptors (Lipinski definition) is 3. The lowest BCUT2D eigenvalue weighted by atomic mass is 10.0. The van der Waals surface area contributed by atoms with Gasteiger partial charge in [-0.05, 0) is 35.4 Å². The third kappa shape index (κ3) is 2.64. The molecule has 3 nitrogen and oxygen atoms in total. The molecule has 0 saturated carbocycles. The SMILES string of the molecule is NNC(c1ccncc1)c1cc(F)cc(F)c1. The molecule has 1 aromatic carbocycles. The van der Waals surface area contributed by atoms with Crippen LogP contribution in [0.5, 0.6) is 0 Å². The number of aromatic nitrogens is 1. The van der Waals surface area contributed by atoms with E-state index in [-0.39, 0.29) is 0 Å². The average molecular weight is 235 g/mol. The van der Waals surface area contributed by atoms with Crippen molar-refractivity contribution in [2.75, 3.05) is 0 Å². The second kappa shape index (κ2) is 4.99.